The van der Waals surface area contributed by atoms with E-state index in [1.165, 1.54) is 7.11 Å². The van der Waals surface area contributed by atoms with Crippen LogP contribution in [0.4, 0.5) is 0 Å². The molecule has 0 amide bonds. The Morgan fingerprint density at radius 3 is 2.53 bits per heavy atom. The molecule has 1 heterocycles. The Hall–Kier alpha value is -1.71. The summed E-state index contributed by atoms with van der Waals surface area (Å²) >= 11 is 0. The maximum absolute atomic E-state index is 12.0. The monoisotopic (exact) mass is 235 g/mol. The van der Waals surface area contributed by atoms with E-state index in [0.29, 0.717) is 5.69 Å². The van der Waals surface area contributed by atoms with Crippen LogP contribution in [0.2, 0.25) is 0 Å². The average Bonchev–Trinajstić information content (AvgIpc) is 2.29. The summed E-state index contributed by atoms with van der Waals surface area (Å²) in [5, 5.41) is 0. The number of ether oxygens (including phenoxy) is 1. The predicted octanol–water partition coefficient (Wildman–Crippen LogP) is 1.64. The van der Waals surface area contributed by atoms with Crippen molar-refractivity contribution in [1.82, 2.24) is 4.98 Å². The molecular formula is C13H17NO3. The van der Waals surface area contributed by atoms with Crippen LogP contribution in [0.1, 0.15) is 19.5 Å². The number of esters is 1. The molecule has 1 rings (SSSR count). The zero-order chi connectivity index (χ0) is 12.8. The Balaban J connectivity index is 2.76. The number of ketones is 1. The summed E-state index contributed by atoms with van der Waals surface area (Å²) in [7, 11) is 1.30. The van der Waals surface area contributed by atoms with Gasteiger partial charge in [-0.05, 0) is 18.1 Å². The van der Waals surface area contributed by atoms with Gasteiger partial charge in [-0.15, -0.1) is 0 Å². The summed E-state index contributed by atoms with van der Waals surface area (Å²) in [4.78, 5) is 27.6. The number of nitrogens with zero attached hydrogens (tertiary/aromatic N) is 1. The largest absolute Gasteiger partial charge is 0.468 e. The zero-order valence-electron chi connectivity index (χ0n) is 10.3. The standard InChI is InChI=1S/C13H17NO3/c1-9(2)12(13(16)17-3)11(15)8-10-6-4-5-7-14-10/h4-7,9,12H,8H2,1-3H3. The number of hydrogen-bond acceptors (Lipinski definition) is 4. The first-order valence-corrected chi connectivity index (χ1v) is 5.56. The molecule has 0 aliphatic rings. The second-order valence-corrected chi connectivity index (χ2v) is 4.21. The van der Waals surface area contributed by atoms with Gasteiger partial charge in [-0.1, -0.05) is 19.9 Å². The summed E-state index contributed by atoms with van der Waals surface area (Å²) in [5.41, 5.74) is 0.673. The lowest BCUT2D eigenvalue weighted by Crippen LogP contribution is -2.31. The van der Waals surface area contributed by atoms with Gasteiger partial charge in [0.25, 0.3) is 0 Å². The number of rotatable bonds is 5. The average molecular weight is 235 g/mol. The third-order valence-corrected chi connectivity index (χ3v) is 2.55. The van der Waals surface area contributed by atoms with Crippen LogP contribution in [-0.4, -0.2) is 23.8 Å². The molecule has 92 valence electrons. The van der Waals surface area contributed by atoms with E-state index < -0.39 is 11.9 Å². The molecule has 1 atom stereocenters. The second kappa shape index (κ2) is 6.13. The fourth-order valence-corrected chi connectivity index (χ4v) is 1.69. The number of hydrogen-bond donors (Lipinski definition) is 0. The van der Waals surface area contributed by atoms with E-state index >= 15 is 0 Å². The third-order valence-electron chi connectivity index (χ3n) is 2.55. The molecule has 1 aromatic rings. The molecule has 0 aliphatic heterocycles. The highest BCUT2D eigenvalue weighted by molar-refractivity contribution is 6.00. The first kappa shape index (κ1) is 13.4. The van der Waals surface area contributed by atoms with Crippen LogP contribution < -0.4 is 0 Å². The van der Waals surface area contributed by atoms with Gasteiger partial charge in [0.05, 0.1) is 7.11 Å². The molecule has 0 spiro atoms. The van der Waals surface area contributed by atoms with Crippen molar-refractivity contribution in [2.45, 2.75) is 20.3 Å². The Bertz CT molecular complexity index is 387. The van der Waals surface area contributed by atoms with Gasteiger partial charge >= 0.3 is 5.97 Å². The molecular weight excluding hydrogens is 218 g/mol. The zero-order valence-corrected chi connectivity index (χ0v) is 10.3. The van der Waals surface area contributed by atoms with E-state index in [9.17, 15) is 9.59 Å². The number of methoxy groups -OCH3 is 1. The first-order chi connectivity index (χ1) is 8.06. The third kappa shape index (κ3) is 3.66. The van der Waals surface area contributed by atoms with Crippen molar-refractivity contribution in [3.05, 3.63) is 30.1 Å². The van der Waals surface area contributed by atoms with Crippen LogP contribution in [-0.2, 0) is 20.7 Å². The Morgan fingerprint density at radius 1 is 1.35 bits per heavy atom. The van der Waals surface area contributed by atoms with Crippen molar-refractivity contribution in [3.63, 3.8) is 0 Å². The molecule has 0 fully saturated rings. The van der Waals surface area contributed by atoms with E-state index in [1.807, 2.05) is 19.9 Å². The van der Waals surface area contributed by atoms with Crippen LogP contribution in [0.25, 0.3) is 0 Å². The molecule has 4 nitrogen and oxygen atoms in total. The van der Waals surface area contributed by atoms with Crippen LogP contribution >= 0.6 is 0 Å². The van der Waals surface area contributed by atoms with Crippen LogP contribution in [0.15, 0.2) is 24.4 Å². The Labute approximate surface area is 101 Å². The van der Waals surface area contributed by atoms with Gasteiger partial charge in [-0.2, -0.15) is 0 Å². The minimum absolute atomic E-state index is 0.0707. The Morgan fingerprint density at radius 2 is 2.06 bits per heavy atom. The maximum Gasteiger partial charge on any atom is 0.316 e. The number of carbonyl (C=O) groups excluding carboxylic acids is 2. The maximum atomic E-state index is 12.0. The topological polar surface area (TPSA) is 56.3 Å². The molecule has 0 radical (unpaired) electrons. The molecule has 0 saturated carbocycles. The normalized spacial score (nSPS) is 12.2. The quantitative estimate of drug-likeness (QED) is 0.575. The van der Waals surface area contributed by atoms with Crippen molar-refractivity contribution < 1.29 is 14.3 Å². The van der Waals surface area contributed by atoms with Crippen LogP contribution in [0.5, 0.6) is 0 Å². The Kier molecular flexibility index (Phi) is 4.82. The highest BCUT2D eigenvalue weighted by Gasteiger charge is 2.30. The number of aromatic nitrogens is 1. The lowest BCUT2D eigenvalue weighted by Gasteiger charge is -2.16. The summed E-state index contributed by atoms with van der Waals surface area (Å²) in [5.74, 6) is -1.40. The number of pyridine rings is 1. The van der Waals surface area contributed by atoms with E-state index in [2.05, 4.69) is 9.72 Å². The summed E-state index contributed by atoms with van der Waals surface area (Å²) in [6.07, 6.45) is 1.80. The van der Waals surface area contributed by atoms with Gasteiger partial charge in [0.15, 0.2) is 5.78 Å². The van der Waals surface area contributed by atoms with Crippen molar-refractivity contribution in [3.8, 4) is 0 Å². The number of carbonyl (C=O) groups is 2. The molecule has 0 aromatic carbocycles. The molecule has 0 bridgehead atoms. The molecule has 0 saturated heterocycles. The van der Waals surface area contributed by atoms with E-state index in [-0.39, 0.29) is 18.1 Å². The van der Waals surface area contributed by atoms with Crippen molar-refractivity contribution in [2.24, 2.45) is 11.8 Å². The van der Waals surface area contributed by atoms with Gasteiger partial charge in [0.1, 0.15) is 5.92 Å². The van der Waals surface area contributed by atoms with E-state index in [4.69, 9.17) is 0 Å². The van der Waals surface area contributed by atoms with Crippen LogP contribution in [0, 0.1) is 11.8 Å². The fourth-order valence-electron chi connectivity index (χ4n) is 1.69. The highest BCUT2D eigenvalue weighted by Crippen LogP contribution is 2.16. The summed E-state index contributed by atoms with van der Waals surface area (Å²) in [6, 6.07) is 5.37. The fraction of sp³-hybridized carbons (Fsp3) is 0.462. The lowest BCUT2D eigenvalue weighted by molar-refractivity contribution is -0.151. The minimum Gasteiger partial charge on any atom is -0.468 e. The van der Waals surface area contributed by atoms with Crippen molar-refractivity contribution in [2.75, 3.05) is 7.11 Å². The van der Waals surface area contributed by atoms with Gasteiger partial charge in [0.2, 0.25) is 0 Å². The molecule has 0 N–H and O–H groups in total. The highest BCUT2D eigenvalue weighted by atomic mass is 16.5. The SMILES string of the molecule is COC(=O)C(C(=O)Cc1ccccn1)C(C)C. The van der Waals surface area contributed by atoms with Gasteiger partial charge in [-0.3, -0.25) is 14.6 Å². The molecule has 17 heavy (non-hydrogen) atoms. The van der Waals surface area contributed by atoms with Crippen LogP contribution in [0.3, 0.4) is 0 Å². The predicted molar refractivity (Wildman–Crippen MR) is 63.3 cm³/mol. The molecule has 4 heteroatoms. The second-order valence-electron chi connectivity index (χ2n) is 4.21. The van der Waals surface area contributed by atoms with Gasteiger partial charge in [0, 0.05) is 18.3 Å². The van der Waals surface area contributed by atoms with E-state index in [0.717, 1.165) is 0 Å². The van der Waals surface area contributed by atoms with Crippen molar-refractivity contribution >= 4 is 11.8 Å². The molecule has 0 aliphatic carbocycles. The van der Waals surface area contributed by atoms with E-state index in [1.54, 1.807) is 18.3 Å². The first-order valence-electron chi connectivity index (χ1n) is 5.56. The van der Waals surface area contributed by atoms with Gasteiger partial charge < -0.3 is 4.74 Å². The minimum atomic E-state index is -0.706. The summed E-state index contributed by atoms with van der Waals surface area (Å²) < 4.78 is 4.65. The number of Topliss-reactive ketones (excluding diaryl/α,β-unsaturated/α-hetero) is 1. The lowest BCUT2D eigenvalue weighted by atomic mass is 9.89. The molecule has 1 unspecified atom stereocenters. The summed E-state index contributed by atoms with van der Waals surface area (Å²) in [6.45, 7) is 3.66. The molecule has 1 aromatic heterocycles. The smallest absolute Gasteiger partial charge is 0.316 e. The van der Waals surface area contributed by atoms with Gasteiger partial charge in [-0.25, -0.2) is 0 Å². The van der Waals surface area contributed by atoms with Crippen molar-refractivity contribution in [1.29, 1.82) is 0 Å².